The Morgan fingerprint density at radius 3 is 2.63 bits per heavy atom. The van der Waals surface area contributed by atoms with Crippen LogP contribution in [0.25, 0.3) is 0 Å². The second kappa shape index (κ2) is 9.02. The van der Waals surface area contributed by atoms with Crippen molar-refractivity contribution in [1.82, 2.24) is 5.32 Å². The lowest BCUT2D eigenvalue weighted by Gasteiger charge is -2.09. The Labute approximate surface area is 184 Å². The molecule has 1 N–H and O–H groups in total. The number of hydrogen-bond donors (Lipinski definition) is 1. The number of hydrogen-bond acceptors (Lipinski definition) is 3. The molecular weight excluding hydrogens is 419 g/mol. The lowest BCUT2D eigenvalue weighted by Crippen LogP contribution is -2.24. The first-order valence-corrected chi connectivity index (χ1v) is 11.0. The van der Waals surface area contributed by atoms with Crippen LogP contribution in [0.2, 0.25) is 5.02 Å². The first-order chi connectivity index (χ1) is 14.5. The Morgan fingerprint density at radius 2 is 1.87 bits per heavy atom. The normalized spacial score (nSPS) is 12.4. The average Bonchev–Trinajstić information content (AvgIpc) is 2.90. The van der Waals surface area contributed by atoms with Crippen molar-refractivity contribution < 1.29 is 9.18 Å². The van der Waals surface area contributed by atoms with Gasteiger partial charge in [-0.1, -0.05) is 48.8 Å². The topological polar surface area (TPSA) is 41.5 Å². The molecular formula is C24H20ClFN2OS. The maximum absolute atomic E-state index is 14.0. The molecule has 0 fully saturated rings. The van der Waals surface area contributed by atoms with Gasteiger partial charge in [-0.2, -0.15) is 0 Å². The summed E-state index contributed by atoms with van der Waals surface area (Å²) >= 11 is 7.50. The van der Waals surface area contributed by atoms with Gasteiger partial charge in [0.2, 0.25) is 0 Å². The number of aliphatic imine (C=N–C) groups is 1. The number of benzene rings is 3. The Kier molecular flexibility index (Phi) is 6.21. The molecule has 0 unspecified atom stereocenters. The van der Waals surface area contributed by atoms with Crippen LogP contribution in [0.15, 0.2) is 75.4 Å². The molecule has 30 heavy (non-hydrogen) atoms. The highest BCUT2D eigenvalue weighted by Gasteiger charge is 2.20. The van der Waals surface area contributed by atoms with Crippen molar-refractivity contribution in [2.24, 2.45) is 4.99 Å². The minimum atomic E-state index is -0.299. The summed E-state index contributed by atoms with van der Waals surface area (Å²) in [6.45, 7) is 2.73. The van der Waals surface area contributed by atoms with Crippen molar-refractivity contribution in [2.45, 2.75) is 29.6 Å². The fourth-order valence-electron chi connectivity index (χ4n) is 3.22. The zero-order chi connectivity index (χ0) is 21.1. The van der Waals surface area contributed by atoms with E-state index in [9.17, 15) is 9.18 Å². The van der Waals surface area contributed by atoms with Crippen molar-refractivity contribution in [1.29, 1.82) is 0 Å². The first-order valence-electron chi connectivity index (χ1n) is 9.80. The SMILES string of the molecule is CCCCNC(=O)c1ccc2c(c1)N=C(c1ccc(Cl)cc1)c1ccc(F)cc1S2. The van der Waals surface area contributed by atoms with Gasteiger partial charge in [-0.15, -0.1) is 0 Å². The molecule has 0 spiro atoms. The summed E-state index contributed by atoms with van der Waals surface area (Å²) in [6.07, 6.45) is 1.96. The van der Waals surface area contributed by atoms with E-state index in [4.69, 9.17) is 16.6 Å². The van der Waals surface area contributed by atoms with Crippen molar-refractivity contribution in [2.75, 3.05) is 6.54 Å². The highest BCUT2D eigenvalue weighted by Crippen LogP contribution is 2.42. The van der Waals surface area contributed by atoms with Crippen molar-refractivity contribution in [3.8, 4) is 0 Å². The van der Waals surface area contributed by atoms with E-state index in [0.717, 1.165) is 39.5 Å². The van der Waals surface area contributed by atoms with Gasteiger partial charge in [-0.3, -0.25) is 4.79 Å². The molecule has 0 bridgehead atoms. The van der Waals surface area contributed by atoms with Gasteiger partial charge >= 0.3 is 0 Å². The number of nitrogens with zero attached hydrogens (tertiary/aromatic N) is 1. The van der Waals surface area contributed by atoms with E-state index in [1.165, 1.54) is 23.9 Å². The van der Waals surface area contributed by atoms with Gasteiger partial charge in [0.05, 0.1) is 11.4 Å². The van der Waals surface area contributed by atoms with E-state index in [1.54, 1.807) is 30.3 Å². The molecule has 0 saturated heterocycles. The molecule has 0 aliphatic carbocycles. The molecule has 0 aromatic heterocycles. The van der Waals surface area contributed by atoms with Gasteiger partial charge in [-0.25, -0.2) is 9.38 Å². The maximum atomic E-state index is 14.0. The number of unbranched alkanes of at least 4 members (excludes halogenated alkanes) is 1. The molecule has 1 amide bonds. The molecule has 3 aromatic rings. The van der Waals surface area contributed by atoms with E-state index in [-0.39, 0.29) is 11.7 Å². The number of carbonyl (C=O) groups excluding carboxylic acids is 1. The number of carbonyl (C=O) groups is 1. The minimum absolute atomic E-state index is 0.118. The van der Waals surface area contributed by atoms with E-state index in [0.29, 0.717) is 22.8 Å². The molecule has 0 radical (unpaired) electrons. The van der Waals surface area contributed by atoms with E-state index >= 15 is 0 Å². The molecule has 1 heterocycles. The Morgan fingerprint density at radius 1 is 1.07 bits per heavy atom. The summed E-state index contributed by atoms with van der Waals surface area (Å²) in [4.78, 5) is 19.1. The third-order valence-electron chi connectivity index (χ3n) is 4.81. The quantitative estimate of drug-likeness (QED) is 0.355. The van der Waals surface area contributed by atoms with Crippen LogP contribution in [0.3, 0.4) is 0 Å². The van der Waals surface area contributed by atoms with Crippen LogP contribution < -0.4 is 5.32 Å². The molecule has 4 rings (SSSR count). The smallest absolute Gasteiger partial charge is 0.251 e. The zero-order valence-electron chi connectivity index (χ0n) is 16.4. The van der Waals surface area contributed by atoms with Crippen LogP contribution in [-0.2, 0) is 0 Å². The molecule has 3 nitrogen and oxygen atoms in total. The second-order valence-corrected chi connectivity index (χ2v) is 8.52. The molecule has 6 heteroatoms. The molecule has 0 saturated carbocycles. The summed E-state index contributed by atoms with van der Waals surface area (Å²) in [7, 11) is 0. The van der Waals surface area contributed by atoms with Crippen LogP contribution in [0.5, 0.6) is 0 Å². The Hall–Kier alpha value is -2.63. The largest absolute Gasteiger partial charge is 0.352 e. The molecule has 0 atom stereocenters. The minimum Gasteiger partial charge on any atom is -0.352 e. The van der Waals surface area contributed by atoms with Crippen LogP contribution >= 0.6 is 23.4 Å². The number of amides is 1. The number of fused-ring (bicyclic) bond motifs is 2. The van der Waals surface area contributed by atoms with E-state index in [1.807, 2.05) is 18.2 Å². The second-order valence-electron chi connectivity index (χ2n) is 7.00. The Bertz CT molecular complexity index is 1130. The summed E-state index contributed by atoms with van der Waals surface area (Å²) < 4.78 is 14.0. The predicted molar refractivity (Wildman–Crippen MR) is 121 cm³/mol. The van der Waals surface area contributed by atoms with Crippen molar-refractivity contribution in [3.63, 3.8) is 0 Å². The van der Waals surface area contributed by atoms with E-state index in [2.05, 4.69) is 12.2 Å². The number of nitrogens with one attached hydrogen (secondary N) is 1. The molecule has 3 aromatic carbocycles. The average molecular weight is 439 g/mol. The summed E-state index contributed by atoms with van der Waals surface area (Å²) in [6, 6.07) is 17.6. The number of rotatable bonds is 5. The molecule has 152 valence electrons. The monoisotopic (exact) mass is 438 g/mol. The molecule has 1 aliphatic heterocycles. The van der Waals surface area contributed by atoms with Crippen LogP contribution in [0, 0.1) is 5.82 Å². The highest BCUT2D eigenvalue weighted by molar-refractivity contribution is 7.99. The van der Waals surface area contributed by atoms with Crippen LogP contribution in [-0.4, -0.2) is 18.2 Å². The lowest BCUT2D eigenvalue weighted by atomic mass is 10.0. The third-order valence-corrected chi connectivity index (χ3v) is 6.18. The fourth-order valence-corrected chi connectivity index (χ4v) is 4.37. The summed E-state index contributed by atoms with van der Waals surface area (Å²) in [5.74, 6) is -0.417. The lowest BCUT2D eigenvalue weighted by molar-refractivity contribution is 0.0953. The number of halogens is 2. The molecule has 1 aliphatic rings. The predicted octanol–water partition coefficient (Wildman–Crippen LogP) is 6.64. The fraction of sp³-hybridized carbons (Fsp3) is 0.167. The summed E-state index contributed by atoms with van der Waals surface area (Å²) in [5.41, 5.74) is 3.68. The standard InChI is InChI=1S/C24H20ClFN2OS/c1-2-3-12-27-24(29)16-6-11-21-20(13-16)28-23(15-4-7-17(25)8-5-15)19-10-9-18(26)14-22(19)30-21/h4-11,13-14H,2-3,12H2,1H3,(H,27,29). The Balaban J connectivity index is 1.80. The van der Waals surface area contributed by atoms with E-state index < -0.39 is 0 Å². The highest BCUT2D eigenvalue weighted by atomic mass is 35.5. The zero-order valence-corrected chi connectivity index (χ0v) is 18.0. The van der Waals surface area contributed by atoms with Gasteiger partial charge in [0, 0.05) is 38.0 Å². The van der Waals surface area contributed by atoms with Gasteiger partial charge in [0.1, 0.15) is 5.82 Å². The van der Waals surface area contributed by atoms with Crippen LogP contribution in [0.4, 0.5) is 10.1 Å². The summed E-state index contributed by atoms with van der Waals surface area (Å²) in [5, 5.41) is 3.57. The van der Waals surface area contributed by atoms with Crippen LogP contribution in [0.1, 0.15) is 41.3 Å². The maximum Gasteiger partial charge on any atom is 0.251 e. The first kappa shape index (κ1) is 20.6. The van der Waals surface area contributed by atoms with Crippen molar-refractivity contribution in [3.05, 3.63) is 88.2 Å². The van der Waals surface area contributed by atoms with Gasteiger partial charge < -0.3 is 5.32 Å². The third kappa shape index (κ3) is 4.42. The van der Waals surface area contributed by atoms with Gasteiger partial charge in [0.15, 0.2) is 0 Å². The van der Waals surface area contributed by atoms with Gasteiger partial charge in [0.25, 0.3) is 5.91 Å². The van der Waals surface area contributed by atoms with Gasteiger partial charge in [-0.05, 0) is 55.0 Å². The van der Waals surface area contributed by atoms with Crippen molar-refractivity contribution >= 4 is 40.7 Å².